The summed E-state index contributed by atoms with van der Waals surface area (Å²) in [6, 6.07) is 1.60. The molecule has 1 aromatic rings. The number of carboxylic acid groups (broad SMARTS) is 1. The number of aromatic nitrogens is 1. The molecule has 5 heteroatoms. The molecule has 18 heavy (non-hydrogen) atoms. The highest BCUT2D eigenvalue weighted by Crippen LogP contribution is 2.17. The minimum Gasteiger partial charge on any atom is -0.477 e. The van der Waals surface area contributed by atoms with Crippen LogP contribution in [0.3, 0.4) is 0 Å². The highest BCUT2D eigenvalue weighted by atomic mass is 16.4. The van der Waals surface area contributed by atoms with E-state index in [-0.39, 0.29) is 11.6 Å². The summed E-state index contributed by atoms with van der Waals surface area (Å²) in [4.78, 5) is 25.2. The molecule has 0 bridgehead atoms. The van der Waals surface area contributed by atoms with Crippen LogP contribution in [0.2, 0.25) is 0 Å². The Morgan fingerprint density at radius 3 is 2.83 bits per heavy atom. The van der Waals surface area contributed by atoms with Crippen molar-refractivity contribution in [2.75, 3.05) is 5.32 Å². The standard InChI is InChI=1S/C13H16N2O3/c1-3-4-5-6-7-11(16)15-10-8-9(2)14-12(10)13(17)18/h1,8,14H,4-7H2,2H3,(H,15,16)(H,17,18). The molecule has 0 saturated heterocycles. The van der Waals surface area contributed by atoms with Crippen molar-refractivity contribution in [3.63, 3.8) is 0 Å². The number of aryl methyl sites for hydroxylation is 1. The van der Waals surface area contributed by atoms with Gasteiger partial charge in [0.1, 0.15) is 5.69 Å². The minimum absolute atomic E-state index is 0.00414. The monoisotopic (exact) mass is 248 g/mol. The molecular formula is C13H16N2O3. The molecule has 1 rings (SSSR count). The fraction of sp³-hybridized carbons (Fsp3) is 0.385. The number of carbonyl (C=O) groups is 2. The first kappa shape index (κ1) is 13.8. The third-order valence-corrected chi connectivity index (χ3v) is 2.42. The van der Waals surface area contributed by atoms with Crippen LogP contribution in [0.25, 0.3) is 0 Å². The lowest BCUT2D eigenvalue weighted by molar-refractivity contribution is -0.116. The molecule has 1 heterocycles. The van der Waals surface area contributed by atoms with E-state index in [1.54, 1.807) is 13.0 Å². The van der Waals surface area contributed by atoms with Gasteiger partial charge in [-0.05, 0) is 25.8 Å². The quantitative estimate of drug-likeness (QED) is 0.533. The van der Waals surface area contributed by atoms with E-state index in [1.165, 1.54) is 0 Å². The molecule has 1 amide bonds. The summed E-state index contributed by atoms with van der Waals surface area (Å²) in [5, 5.41) is 11.5. The first-order valence-corrected chi connectivity index (χ1v) is 5.70. The molecule has 3 N–H and O–H groups in total. The van der Waals surface area contributed by atoms with Gasteiger partial charge in [-0.1, -0.05) is 0 Å². The van der Waals surface area contributed by atoms with Crippen molar-refractivity contribution in [3.8, 4) is 12.3 Å². The number of aromatic carboxylic acids is 1. The number of anilines is 1. The van der Waals surface area contributed by atoms with Crippen molar-refractivity contribution in [2.24, 2.45) is 0 Å². The number of hydrogen-bond acceptors (Lipinski definition) is 2. The number of carboxylic acids is 1. The molecule has 0 atom stereocenters. The van der Waals surface area contributed by atoms with Crippen LogP contribution in [-0.4, -0.2) is 22.0 Å². The molecule has 5 nitrogen and oxygen atoms in total. The molecule has 0 spiro atoms. The lowest BCUT2D eigenvalue weighted by Crippen LogP contribution is -2.13. The van der Waals surface area contributed by atoms with Crippen molar-refractivity contribution >= 4 is 17.6 Å². The Labute approximate surface area is 106 Å². The van der Waals surface area contributed by atoms with E-state index < -0.39 is 5.97 Å². The average Bonchev–Trinajstić information content (AvgIpc) is 2.66. The molecule has 0 unspecified atom stereocenters. The topological polar surface area (TPSA) is 82.2 Å². The molecule has 96 valence electrons. The molecule has 0 saturated carbocycles. The molecule has 0 aliphatic heterocycles. The Morgan fingerprint density at radius 1 is 1.50 bits per heavy atom. The van der Waals surface area contributed by atoms with Gasteiger partial charge < -0.3 is 15.4 Å². The smallest absolute Gasteiger partial charge is 0.354 e. The number of aromatic amines is 1. The Hall–Kier alpha value is -2.22. The third kappa shape index (κ3) is 3.98. The number of unbranched alkanes of at least 4 members (excludes halogenated alkanes) is 2. The summed E-state index contributed by atoms with van der Waals surface area (Å²) in [7, 11) is 0. The summed E-state index contributed by atoms with van der Waals surface area (Å²) < 4.78 is 0. The minimum atomic E-state index is -1.09. The van der Waals surface area contributed by atoms with Crippen molar-refractivity contribution in [1.29, 1.82) is 0 Å². The largest absolute Gasteiger partial charge is 0.477 e. The summed E-state index contributed by atoms with van der Waals surface area (Å²) in [5.41, 5.74) is 1.00. The maximum absolute atomic E-state index is 11.6. The van der Waals surface area contributed by atoms with E-state index >= 15 is 0 Å². The lowest BCUT2D eigenvalue weighted by atomic mass is 10.2. The number of carbonyl (C=O) groups excluding carboxylic acids is 1. The second kappa shape index (κ2) is 6.50. The fourth-order valence-corrected chi connectivity index (χ4v) is 1.58. The lowest BCUT2D eigenvalue weighted by Gasteiger charge is -2.03. The third-order valence-electron chi connectivity index (χ3n) is 2.42. The molecule has 0 fully saturated rings. The van der Waals surface area contributed by atoms with Gasteiger partial charge in [-0.15, -0.1) is 12.3 Å². The zero-order chi connectivity index (χ0) is 13.5. The molecule has 0 radical (unpaired) electrons. The van der Waals surface area contributed by atoms with Gasteiger partial charge in [0.15, 0.2) is 0 Å². The zero-order valence-corrected chi connectivity index (χ0v) is 10.2. The van der Waals surface area contributed by atoms with Gasteiger partial charge in [0, 0.05) is 18.5 Å². The zero-order valence-electron chi connectivity index (χ0n) is 10.2. The Balaban J connectivity index is 2.54. The average molecular weight is 248 g/mol. The van der Waals surface area contributed by atoms with E-state index in [9.17, 15) is 9.59 Å². The number of terminal acetylenes is 1. The first-order chi connectivity index (χ1) is 8.54. The van der Waals surface area contributed by atoms with E-state index in [1.807, 2.05) is 0 Å². The summed E-state index contributed by atoms with van der Waals surface area (Å²) in [6.07, 6.45) is 7.58. The Kier molecular flexibility index (Phi) is 5.00. The van der Waals surface area contributed by atoms with Crippen LogP contribution >= 0.6 is 0 Å². The van der Waals surface area contributed by atoms with Crippen LogP contribution in [0.15, 0.2) is 6.07 Å². The summed E-state index contributed by atoms with van der Waals surface area (Å²) >= 11 is 0. The predicted molar refractivity (Wildman–Crippen MR) is 68.4 cm³/mol. The highest BCUT2D eigenvalue weighted by molar-refractivity contribution is 5.99. The summed E-state index contributed by atoms with van der Waals surface area (Å²) in [6.45, 7) is 1.73. The normalized spacial score (nSPS) is 9.78. The molecule has 0 aliphatic carbocycles. The number of nitrogens with one attached hydrogen (secondary N) is 2. The Bertz CT molecular complexity index is 483. The van der Waals surface area contributed by atoms with Gasteiger partial charge in [0.25, 0.3) is 0 Å². The number of H-pyrrole nitrogens is 1. The molecule has 0 aliphatic rings. The highest BCUT2D eigenvalue weighted by Gasteiger charge is 2.14. The van der Waals surface area contributed by atoms with Crippen molar-refractivity contribution in [1.82, 2.24) is 4.98 Å². The van der Waals surface area contributed by atoms with Gasteiger partial charge >= 0.3 is 5.97 Å². The first-order valence-electron chi connectivity index (χ1n) is 5.70. The van der Waals surface area contributed by atoms with Crippen molar-refractivity contribution in [2.45, 2.75) is 32.6 Å². The van der Waals surface area contributed by atoms with Crippen LogP contribution < -0.4 is 5.32 Å². The van der Waals surface area contributed by atoms with Crippen LogP contribution in [-0.2, 0) is 4.79 Å². The van der Waals surface area contributed by atoms with Gasteiger partial charge in [-0.3, -0.25) is 4.79 Å². The van der Waals surface area contributed by atoms with Gasteiger partial charge in [0.2, 0.25) is 5.91 Å². The molecular weight excluding hydrogens is 232 g/mol. The molecule has 0 aromatic carbocycles. The van der Waals surface area contributed by atoms with Crippen LogP contribution in [0, 0.1) is 19.3 Å². The van der Waals surface area contributed by atoms with Gasteiger partial charge in [0.05, 0.1) is 5.69 Å². The van der Waals surface area contributed by atoms with Gasteiger partial charge in [-0.2, -0.15) is 0 Å². The fourth-order valence-electron chi connectivity index (χ4n) is 1.58. The maximum Gasteiger partial charge on any atom is 0.354 e. The van der Waals surface area contributed by atoms with Crippen molar-refractivity contribution in [3.05, 3.63) is 17.5 Å². The van der Waals surface area contributed by atoms with E-state index in [4.69, 9.17) is 11.5 Å². The second-order valence-corrected chi connectivity index (χ2v) is 4.01. The van der Waals surface area contributed by atoms with Gasteiger partial charge in [-0.25, -0.2) is 4.79 Å². The van der Waals surface area contributed by atoms with Crippen molar-refractivity contribution < 1.29 is 14.7 Å². The van der Waals surface area contributed by atoms with Crippen LogP contribution in [0.1, 0.15) is 41.9 Å². The second-order valence-electron chi connectivity index (χ2n) is 4.01. The number of amides is 1. The SMILES string of the molecule is C#CCCCCC(=O)Nc1cc(C)[nH]c1C(=O)O. The maximum atomic E-state index is 11.6. The van der Waals surface area contributed by atoms with E-state index in [2.05, 4.69) is 16.2 Å². The molecule has 1 aromatic heterocycles. The number of hydrogen-bond donors (Lipinski definition) is 3. The number of rotatable bonds is 6. The van der Waals surface area contributed by atoms with Crippen LogP contribution in [0.5, 0.6) is 0 Å². The summed E-state index contributed by atoms with van der Waals surface area (Å²) in [5.74, 6) is 1.21. The predicted octanol–water partition coefficient (Wildman–Crippen LogP) is 2.15. The van der Waals surface area contributed by atoms with E-state index in [0.717, 1.165) is 6.42 Å². The van der Waals surface area contributed by atoms with E-state index in [0.29, 0.717) is 30.6 Å². The van der Waals surface area contributed by atoms with Crippen LogP contribution in [0.4, 0.5) is 5.69 Å². The Morgan fingerprint density at radius 2 is 2.22 bits per heavy atom.